The van der Waals surface area contributed by atoms with E-state index in [0.717, 1.165) is 17.3 Å². The quantitative estimate of drug-likeness (QED) is 0.306. The summed E-state index contributed by atoms with van der Waals surface area (Å²) < 4.78 is 0. The lowest BCUT2D eigenvalue weighted by molar-refractivity contribution is -0.384. The van der Waals surface area contributed by atoms with Crippen molar-refractivity contribution in [2.45, 2.75) is 12.1 Å². The summed E-state index contributed by atoms with van der Waals surface area (Å²) in [5.41, 5.74) is 0.761. The Morgan fingerprint density at radius 2 is 2.24 bits per heavy atom. The summed E-state index contributed by atoms with van der Waals surface area (Å²) in [5, 5.41) is 16.1. The third-order valence-electron chi connectivity index (χ3n) is 3.36. The van der Waals surface area contributed by atoms with Gasteiger partial charge in [-0.05, 0) is 23.9 Å². The summed E-state index contributed by atoms with van der Waals surface area (Å²) in [6.07, 6.45) is 0. The zero-order chi connectivity index (χ0) is 18.0. The van der Waals surface area contributed by atoms with Gasteiger partial charge in [0.05, 0.1) is 21.7 Å². The van der Waals surface area contributed by atoms with Crippen LogP contribution >= 0.6 is 23.1 Å². The topological polar surface area (TPSA) is 118 Å². The Morgan fingerprint density at radius 3 is 3.00 bits per heavy atom. The number of anilines is 1. The minimum absolute atomic E-state index is 0.0158. The minimum atomic E-state index is -0.519. The zero-order valence-corrected chi connectivity index (χ0v) is 14.6. The average molecular weight is 376 g/mol. The molecule has 10 heteroatoms. The van der Waals surface area contributed by atoms with E-state index in [4.69, 9.17) is 0 Å². The van der Waals surface area contributed by atoms with Gasteiger partial charge in [0, 0.05) is 12.1 Å². The molecule has 0 unspecified atom stereocenters. The number of nitrogens with one attached hydrogen (secondary N) is 2. The van der Waals surface area contributed by atoms with Crippen molar-refractivity contribution < 1.29 is 9.72 Å². The first-order chi connectivity index (χ1) is 11.9. The third kappa shape index (κ3) is 3.86. The van der Waals surface area contributed by atoms with Gasteiger partial charge in [-0.3, -0.25) is 19.7 Å². The summed E-state index contributed by atoms with van der Waals surface area (Å²) in [6, 6.07) is 5.96. The number of nitrogens with zero attached hydrogens (tertiary/aromatic N) is 2. The summed E-state index contributed by atoms with van der Waals surface area (Å²) in [6.45, 7) is 1.75. The van der Waals surface area contributed by atoms with Crippen molar-refractivity contribution in [1.29, 1.82) is 0 Å². The molecule has 0 aliphatic heterocycles. The van der Waals surface area contributed by atoms with Crippen LogP contribution in [0.25, 0.3) is 10.2 Å². The van der Waals surface area contributed by atoms with Crippen molar-refractivity contribution in [2.24, 2.45) is 0 Å². The molecule has 25 heavy (non-hydrogen) atoms. The summed E-state index contributed by atoms with van der Waals surface area (Å²) in [4.78, 5) is 41.8. The number of benzene rings is 1. The number of rotatable bonds is 5. The molecule has 1 aromatic carbocycles. The van der Waals surface area contributed by atoms with Crippen LogP contribution in [0.1, 0.15) is 5.56 Å². The standard InChI is InChI=1S/C15H12N4O4S2/c1-8-2-3-9(19(22)23)6-11(8)16-12(20)7-25-15-17-13(21)10-4-5-24-14(10)18-15/h2-6H,7H2,1H3,(H,16,20)(H,17,18,21). The summed E-state index contributed by atoms with van der Waals surface area (Å²) in [5.74, 6) is -0.329. The number of carbonyl (C=O) groups excluding carboxylic acids is 1. The van der Waals surface area contributed by atoms with Gasteiger partial charge >= 0.3 is 0 Å². The SMILES string of the molecule is Cc1ccc([N+](=O)[O-])cc1NC(=O)CSc1nc2sccc2c(=O)[nH]1. The first kappa shape index (κ1) is 17.1. The summed E-state index contributed by atoms with van der Waals surface area (Å²) >= 11 is 2.44. The zero-order valence-electron chi connectivity index (χ0n) is 12.9. The normalized spacial score (nSPS) is 10.8. The van der Waals surface area contributed by atoms with E-state index in [-0.39, 0.29) is 22.9 Å². The van der Waals surface area contributed by atoms with Gasteiger partial charge in [0.25, 0.3) is 11.2 Å². The summed E-state index contributed by atoms with van der Waals surface area (Å²) in [7, 11) is 0. The first-order valence-corrected chi connectivity index (χ1v) is 8.96. The number of thioether (sulfide) groups is 1. The fourth-order valence-corrected chi connectivity index (χ4v) is 3.58. The van der Waals surface area contributed by atoms with Crippen LogP contribution in [0.2, 0.25) is 0 Å². The second kappa shape index (κ2) is 7.03. The molecule has 3 rings (SSSR count). The smallest absolute Gasteiger partial charge is 0.271 e. The molecule has 0 saturated carbocycles. The molecule has 0 spiro atoms. The van der Waals surface area contributed by atoms with E-state index < -0.39 is 4.92 Å². The molecule has 0 atom stereocenters. The van der Waals surface area contributed by atoms with Gasteiger partial charge < -0.3 is 10.3 Å². The molecule has 0 bridgehead atoms. The van der Waals surface area contributed by atoms with E-state index in [1.807, 2.05) is 0 Å². The highest BCUT2D eigenvalue weighted by Gasteiger charge is 2.12. The Labute approximate surface area is 149 Å². The van der Waals surface area contributed by atoms with Crippen molar-refractivity contribution in [2.75, 3.05) is 11.1 Å². The number of aryl methyl sites for hydroxylation is 1. The third-order valence-corrected chi connectivity index (χ3v) is 5.04. The lowest BCUT2D eigenvalue weighted by atomic mass is 10.2. The molecule has 0 fully saturated rings. The number of hydrogen-bond donors (Lipinski definition) is 2. The van der Waals surface area contributed by atoms with Crippen LogP contribution in [0.5, 0.6) is 0 Å². The van der Waals surface area contributed by atoms with Crippen molar-refractivity contribution >= 4 is 50.6 Å². The van der Waals surface area contributed by atoms with Crippen LogP contribution in [0.4, 0.5) is 11.4 Å². The number of aromatic nitrogens is 2. The number of H-pyrrole nitrogens is 1. The maximum Gasteiger partial charge on any atom is 0.271 e. The fourth-order valence-electron chi connectivity index (χ4n) is 2.09. The van der Waals surface area contributed by atoms with Crippen LogP contribution in [0.15, 0.2) is 39.6 Å². The maximum absolute atomic E-state index is 12.1. The van der Waals surface area contributed by atoms with Gasteiger partial charge in [0.1, 0.15) is 4.83 Å². The number of carbonyl (C=O) groups is 1. The Kier molecular flexibility index (Phi) is 4.81. The number of nitro benzene ring substituents is 1. The van der Waals surface area contributed by atoms with Crippen molar-refractivity contribution in [3.8, 4) is 0 Å². The highest BCUT2D eigenvalue weighted by molar-refractivity contribution is 7.99. The van der Waals surface area contributed by atoms with Crippen LogP contribution in [-0.4, -0.2) is 26.6 Å². The second-order valence-electron chi connectivity index (χ2n) is 5.10. The molecule has 2 heterocycles. The van der Waals surface area contributed by atoms with Crippen LogP contribution in [0.3, 0.4) is 0 Å². The van der Waals surface area contributed by atoms with E-state index in [2.05, 4.69) is 15.3 Å². The number of nitro groups is 1. The lowest BCUT2D eigenvalue weighted by Gasteiger charge is -2.08. The Bertz CT molecular complexity index is 1030. The minimum Gasteiger partial charge on any atom is -0.325 e. The van der Waals surface area contributed by atoms with Gasteiger partial charge in [-0.2, -0.15) is 0 Å². The lowest BCUT2D eigenvalue weighted by Crippen LogP contribution is -2.16. The van der Waals surface area contributed by atoms with Gasteiger partial charge in [-0.25, -0.2) is 4.98 Å². The van der Waals surface area contributed by atoms with Crippen molar-refractivity contribution in [3.05, 3.63) is 55.7 Å². The fraction of sp³-hybridized carbons (Fsp3) is 0.133. The van der Waals surface area contributed by atoms with Gasteiger partial charge in [0.15, 0.2) is 5.16 Å². The second-order valence-corrected chi connectivity index (χ2v) is 6.96. The van der Waals surface area contributed by atoms with Crippen molar-refractivity contribution in [3.63, 3.8) is 0 Å². The van der Waals surface area contributed by atoms with Crippen LogP contribution < -0.4 is 10.9 Å². The van der Waals surface area contributed by atoms with Gasteiger partial charge in [0.2, 0.25) is 5.91 Å². The van der Waals surface area contributed by atoms with E-state index in [1.54, 1.807) is 24.4 Å². The largest absolute Gasteiger partial charge is 0.325 e. The molecule has 2 aromatic heterocycles. The van der Waals surface area contributed by atoms with E-state index in [9.17, 15) is 19.7 Å². The Hall–Kier alpha value is -2.72. The highest BCUT2D eigenvalue weighted by Crippen LogP contribution is 2.23. The van der Waals surface area contributed by atoms with Gasteiger partial charge in [-0.15, -0.1) is 11.3 Å². The molecule has 2 N–H and O–H groups in total. The molecule has 128 valence electrons. The first-order valence-electron chi connectivity index (χ1n) is 7.09. The molecular formula is C15H12N4O4S2. The monoisotopic (exact) mass is 376 g/mol. The Balaban J connectivity index is 1.69. The van der Waals surface area contributed by atoms with E-state index >= 15 is 0 Å². The van der Waals surface area contributed by atoms with Gasteiger partial charge in [-0.1, -0.05) is 17.8 Å². The number of amides is 1. The molecule has 3 aromatic rings. The molecular weight excluding hydrogens is 364 g/mol. The maximum atomic E-state index is 12.1. The van der Waals surface area contributed by atoms with Crippen LogP contribution in [0, 0.1) is 17.0 Å². The molecule has 0 aliphatic rings. The molecule has 0 saturated heterocycles. The number of fused-ring (bicyclic) bond motifs is 1. The predicted molar refractivity (Wildman–Crippen MR) is 97.4 cm³/mol. The number of thiophene rings is 1. The number of hydrogen-bond acceptors (Lipinski definition) is 7. The van der Waals surface area contributed by atoms with Crippen LogP contribution in [-0.2, 0) is 4.79 Å². The predicted octanol–water partition coefficient (Wildman–Crippen LogP) is 2.93. The van der Waals surface area contributed by atoms with E-state index in [0.29, 0.717) is 21.1 Å². The number of aromatic amines is 1. The number of non-ortho nitro benzene ring substituents is 1. The molecule has 8 nitrogen and oxygen atoms in total. The highest BCUT2D eigenvalue weighted by atomic mass is 32.2. The van der Waals surface area contributed by atoms with E-state index in [1.165, 1.54) is 23.5 Å². The molecule has 0 radical (unpaired) electrons. The molecule has 0 aliphatic carbocycles. The van der Waals surface area contributed by atoms with Crippen molar-refractivity contribution in [1.82, 2.24) is 9.97 Å². The average Bonchev–Trinajstić information content (AvgIpc) is 3.04. The molecule has 1 amide bonds. The Morgan fingerprint density at radius 1 is 1.44 bits per heavy atom.